The molecule has 1 fully saturated rings. The number of nitrogens with zero attached hydrogens (tertiary/aromatic N) is 4. The molecule has 1 unspecified atom stereocenters. The van der Waals surface area contributed by atoms with E-state index in [2.05, 4.69) is 24.9 Å². The number of alkyl halides is 3. The van der Waals surface area contributed by atoms with Crippen LogP contribution in [0.3, 0.4) is 0 Å². The topological polar surface area (TPSA) is 104 Å². The molecule has 0 aromatic carbocycles. The highest BCUT2D eigenvalue weighted by Gasteiger charge is 2.37. The van der Waals surface area contributed by atoms with Gasteiger partial charge in [0.05, 0.1) is 11.1 Å². The van der Waals surface area contributed by atoms with Crippen LogP contribution < -0.4 is 9.62 Å². The van der Waals surface area contributed by atoms with Gasteiger partial charge in [-0.2, -0.15) is 13.2 Å². The molecule has 0 saturated carbocycles. The van der Waals surface area contributed by atoms with Crippen molar-refractivity contribution in [1.82, 2.24) is 24.9 Å². The first-order chi connectivity index (χ1) is 12.7. The van der Waals surface area contributed by atoms with Crippen molar-refractivity contribution in [2.45, 2.75) is 18.6 Å². The molecule has 0 spiro atoms. The Morgan fingerprint density at radius 1 is 1.30 bits per heavy atom. The number of fused-ring (bicyclic) bond motifs is 3. The fraction of sp³-hybridized carbons (Fsp3) is 0.400. The number of nitrogens with one attached hydrogen (secondary N) is 2. The molecular weight excluding hydrogens is 385 g/mol. The average Bonchev–Trinajstić information content (AvgIpc) is 3.20. The molecule has 8 nitrogen and oxygen atoms in total. The van der Waals surface area contributed by atoms with E-state index in [1.165, 1.54) is 0 Å². The van der Waals surface area contributed by atoms with Gasteiger partial charge in [0.25, 0.3) is 0 Å². The van der Waals surface area contributed by atoms with Gasteiger partial charge >= 0.3 is 6.18 Å². The minimum Gasteiger partial charge on any atom is -0.369 e. The van der Waals surface area contributed by atoms with Gasteiger partial charge < -0.3 is 9.88 Å². The molecule has 4 rings (SSSR count). The van der Waals surface area contributed by atoms with E-state index in [0.717, 1.165) is 16.5 Å². The lowest BCUT2D eigenvalue weighted by molar-refractivity contribution is -0.106. The van der Waals surface area contributed by atoms with Crippen molar-refractivity contribution >= 4 is 37.8 Å². The van der Waals surface area contributed by atoms with E-state index < -0.39 is 28.0 Å². The van der Waals surface area contributed by atoms with Crippen molar-refractivity contribution in [1.29, 1.82) is 0 Å². The molecule has 3 aromatic heterocycles. The van der Waals surface area contributed by atoms with Crippen molar-refractivity contribution in [3.8, 4) is 0 Å². The maximum absolute atomic E-state index is 12.4. The lowest BCUT2D eigenvalue weighted by Crippen LogP contribution is -2.41. The smallest absolute Gasteiger partial charge is 0.369 e. The Balaban J connectivity index is 1.60. The van der Waals surface area contributed by atoms with Crippen LogP contribution in [-0.4, -0.2) is 59.6 Å². The fourth-order valence-electron chi connectivity index (χ4n) is 3.37. The zero-order chi connectivity index (χ0) is 19.2. The summed E-state index contributed by atoms with van der Waals surface area (Å²) in [6.07, 6.45) is -1.06. The maximum Gasteiger partial charge on any atom is 0.404 e. The second-order valence-corrected chi connectivity index (χ2v) is 8.15. The number of pyridine rings is 1. The highest BCUT2D eigenvalue weighted by molar-refractivity contribution is 7.89. The molecule has 2 N–H and O–H groups in total. The van der Waals surface area contributed by atoms with Crippen LogP contribution in [0, 0.1) is 0 Å². The minimum atomic E-state index is -4.77. The predicted molar refractivity (Wildman–Crippen MR) is 92.8 cm³/mol. The minimum absolute atomic E-state index is 0.258. The van der Waals surface area contributed by atoms with Gasteiger partial charge in [-0.05, 0) is 18.6 Å². The Morgan fingerprint density at radius 3 is 2.89 bits per heavy atom. The average molecular weight is 400 g/mol. The summed E-state index contributed by atoms with van der Waals surface area (Å²) in [5.74, 6) is -1.88. The number of rotatable bonds is 4. The Hall–Kier alpha value is -2.47. The van der Waals surface area contributed by atoms with Crippen LogP contribution in [0.1, 0.15) is 6.42 Å². The summed E-state index contributed by atoms with van der Waals surface area (Å²) >= 11 is 0. The zero-order valence-corrected chi connectivity index (χ0v) is 14.7. The SMILES string of the molecule is O=S(=O)(CC(F)(F)F)NC1CCN(c2cc[nH]c3nnc4nccc4c23)C1. The fourth-order valence-corrected chi connectivity index (χ4v) is 4.58. The van der Waals surface area contributed by atoms with Gasteiger partial charge in [-0.25, -0.2) is 18.1 Å². The molecule has 1 aliphatic rings. The van der Waals surface area contributed by atoms with E-state index in [-0.39, 0.29) is 6.54 Å². The number of hydrogen-bond acceptors (Lipinski definition) is 6. The van der Waals surface area contributed by atoms with E-state index in [9.17, 15) is 21.6 Å². The van der Waals surface area contributed by atoms with Gasteiger partial charge in [-0.15, -0.1) is 10.2 Å². The van der Waals surface area contributed by atoms with Crippen LogP contribution >= 0.6 is 0 Å². The van der Waals surface area contributed by atoms with Crippen LogP contribution in [0.15, 0.2) is 24.5 Å². The molecule has 1 aliphatic heterocycles. The van der Waals surface area contributed by atoms with Crippen molar-refractivity contribution in [3.63, 3.8) is 0 Å². The summed E-state index contributed by atoms with van der Waals surface area (Å²) in [7, 11) is -4.44. The first-order valence-electron chi connectivity index (χ1n) is 8.12. The highest BCUT2D eigenvalue weighted by atomic mass is 32.2. The van der Waals surface area contributed by atoms with Crippen molar-refractivity contribution < 1.29 is 21.6 Å². The summed E-state index contributed by atoms with van der Waals surface area (Å²) in [5.41, 5.74) is 1.84. The Kier molecular flexibility index (Phi) is 4.18. The molecule has 0 aliphatic carbocycles. The van der Waals surface area contributed by atoms with Gasteiger partial charge in [-0.3, -0.25) is 0 Å². The summed E-state index contributed by atoms with van der Waals surface area (Å²) in [6, 6.07) is 3.03. The Bertz CT molecular complexity index is 1100. The van der Waals surface area contributed by atoms with Crippen LogP contribution in [-0.2, 0) is 10.0 Å². The predicted octanol–water partition coefficient (Wildman–Crippen LogP) is 1.57. The van der Waals surface area contributed by atoms with Crippen LogP contribution in [0.5, 0.6) is 0 Å². The number of H-pyrrole nitrogens is 1. The lowest BCUT2D eigenvalue weighted by Gasteiger charge is -2.21. The number of sulfonamides is 1. The third kappa shape index (κ3) is 3.67. The molecule has 4 heterocycles. The summed E-state index contributed by atoms with van der Waals surface area (Å²) in [5, 5.41) is 9.72. The van der Waals surface area contributed by atoms with Crippen LogP contribution in [0.2, 0.25) is 0 Å². The second-order valence-electron chi connectivity index (χ2n) is 6.39. The van der Waals surface area contributed by atoms with E-state index >= 15 is 0 Å². The van der Waals surface area contributed by atoms with Gasteiger partial charge in [0.2, 0.25) is 10.0 Å². The molecule has 1 saturated heterocycles. The number of hydrogen-bond donors (Lipinski definition) is 2. The molecule has 0 amide bonds. The molecule has 144 valence electrons. The van der Waals surface area contributed by atoms with Gasteiger partial charge in [0, 0.05) is 36.9 Å². The van der Waals surface area contributed by atoms with Crippen molar-refractivity contribution in [2.24, 2.45) is 0 Å². The van der Waals surface area contributed by atoms with Gasteiger partial charge in [0.15, 0.2) is 17.0 Å². The summed E-state index contributed by atoms with van der Waals surface area (Å²) in [4.78, 5) is 9.06. The number of aromatic amines is 1. The molecule has 12 heteroatoms. The van der Waals surface area contributed by atoms with E-state index in [1.54, 1.807) is 12.4 Å². The third-order valence-electron chi connectivity index (χ3n) is 4.38. The van der Waals surface area contributed by atoms with Crippen LogP contribution in [0.4, 0.5) is 18.9 Å². The normalized spacial score (nSPS) is 18.6. The van der Waals surface area contributed by atoms with E-state index in [4.69, 9.17) is 0 Å². The standard InChI is InChI=1S/C15H15F3N6O2S/c16-15(17,18)8-27(25,26)23-9-3-6-24(7-9)11-2-5-20-14-12(11)10-1-4-19-13(10)21-22-14/h1-2,4-5,9,23H,3,6-8H2,(H,20,22). The first kappa shape index (κ1) is 17.9. The van der Waals surface area contributed by atoms with E-state index in [1.807, 2.05) is 17.0 Å². The van der Waals surface area contributed by atoms with Gasteiger partial charge in [0.1, 0.15) is 0 Å². The molecule has 0 bridgehead atoms. The molecule has 0 radical (unpaired) electrons. The Morgan fingerprint density at radius 2 is 2.11 bits per heavy atom. The van der Waals surface area contributed by atoms with Gasteiger partial charge in [-0.1, -0.05) is 0 Å². The molecular formula is C15H15F3N6O2S. The lowest BCUT2D eigenvalue weighted by atomic mass is 10.2. The quantitative estimate of drug-likeness (QED) is 0.689. The second kappa shape index (κ2) is 6.30. The number of anilines is 1. The highest BCUT2D eigenvalue weighted by Crippen LogP contribution is 2.32. The summed E-state index contributed by atoms with van der Waals surface area (Å²) in [6.45, 7) is 0.754. The third-order valence-corrected chi connectivity index (χ3v) is 5.78. The van der Waals surface area contributed by atoms with Crippen molar-refractivity contribution in [2.75, 3.05) is 23.7 Å². The summed E-state index contributed by atoms with van der Waals surface area (Å²) < 4.78 is 62.8. The van der Waals surface area contributed by atoms with E-state index in [0.29, 0.717) is 24.3 Å². The first-order valence-corrected chi connectivity index (χ1v) is 9.77. The maximum atomic E-state index is 12.4. The molecule has 3 aromatic rings. The monoisotopic (exact) mass is 400 g/mol. The largest absolute Gasteiger partial charge is 0.404 e. The Labute approximate surface area is 151 Å². The molecule has 27 heavy (non-hydrogen) atoms. The van der Waals surface area contributed by atoms with Crippen LogP contribution in [0.25, 0.3) is 22.1 Å². The number of aromatic nitrogens is 4. The molecule has 1 atom stereocenters. The van der Waals surface area contributed by atoms with Crippen molar-refractivity contribution in [3.05, 3.63) is 24.5 Å². The number of halogens is 3. The zero-order valence-electron chi connectivity index (χ0n) is 13.9.